The molecule has 0 saturated carbocycles. The standard InChI is InChI=1S/C43H68O9/c1-28(14-12-15-29(2)25-38(47)39(48)27-36(9)45)22-30(3)20-21-43(50)51-40-18-13-19-42(49)52-41(17-11-10-16-32(40)5)34(7)24-31(4)23-33(6)37(46)26-35(8)44/h10-12,14-15,20-23,25,32-41,44-48H,13,16-19,24,26-27H2,1-9H3/b11-10+,15-12+,21-20+,28-14+,29-25+,30-22+,31-23+/t32-,33+,34-,35+,36+,37+,38-,39-,40-,41+/m0/s1. The summed E-state index contributed by atoms with van der Waals surface area (Å²) in [5.74, 6) is -0.652. The van der Waals surface area contributed by atoms with Gasteiger partial charge in [0.05, 0.1) is 30.5 Å². The molecular weight excluding hydrogens is 660 g/mol. The zero-order valence-electron chi connectivity index (χ0n) is 33.1. The van der Waals surface area contributed by atoms with Crippen LogP contribution in [0, 0.1) is 17.8 Å². The second-order valence-electron chi connectivity index (χ2n) is 15.1. The van der Waals surface area contributed by atoms with Gasteiger partial charge in [-0.15, -0.1) is 0 Å². The van der Waals surface area contributed by atoms with Crippen LogP contribution in [0.3, 0.4) is 0 Å². The highest BCUT2D eigenvalue weighted by atomic mass is 16.5. The normalized spacial score (nSPS) is 25.3. The Morgan fingerprint density at radius 2 is 1.50 bits per heavy atom. The Kier molecular flexibility index (Phi) is 22.6. The van der Waals surface area contributed by atoms with Gasteiger partial charge in [-0.2, -0.15) is 0 Å². The number of aliphatic hydroxyl groups excluding tert-OH is 5. The van der Waals surface area contributed by atoms with E-state index in [0.717, 1.165) is 35.1 Å². The molecule has 294 valence electrons. The van der Waals surface area contributed by atoms with E-state index >= 15 is 0 Å². The van der Waals surface area contributed by atoms with Crippen molar-refractivity contribution in [2.75, 3.05) is 0 Å². The van der Waals surface area contributed by atoms with Gasteiger partial charge in [-0.3, -0.25) is 4.79 Å². The van der Waals surface area contributed by atoms with Crippen LogP contribution < -0.4 is 0 Å². The number of carbonyl (C=O) groups excluding carboxylic acids is 2. The molecule has 5 N–H and O–H groups in total. The molecule has 0 bridgehead atoms. The zero-order chi connectivity index (χ0) is 39.4. The fourth-order valence-electron chi connectivity index (χ4n) is 6.18. The van der Waals surface area contributed by atoms with Crippen LogP contribution in [-0.2, 0) is 19.1 Å². The van der Waals surface area contributed by atoms with Crippen LogP contribution in [0.1, 0.15) is 114 Å². The molecule has 0 aromatic rings. The minimum absolute atomic E-state index is 0.0633. The molecule has 1 aliphatic rings. The minimum Gasteiger partial charge on any atom is -0.462 e. The van der Waals surface area contributed by atoms with Crippen LogP contribution in [0.5, 0.6) is 0 Å². The Morgan fingerprint density at radius 1 is 0.865 bits per heavy atom. The third-order valence-corrected chi connectivity index (χ3v) is 9.18. The molecule has 0 aromatic heterocycles. The van der Waals surface area contributed by atoms with Gasteiger partial charge in [0.2, 0.25) is 0 Å². The van der Waals surface area contributed by atoms with Crippen LogP contribution in [0.2, 0.25) is 0 Å². The molecule has 1 heterocycles. The Balaban J connectivity index is 2.79. The smallest absolute Gasteiger partial charge is 0.331 e. The third-order valence-electron chi connectivity index (χ3n) is 9.18. The fraction of sp³-hybridized carbons (Fsp3) is 0.628. The first-order chi connectivity index (χ1) is 24.4. The number of carbonyl (C=O) groups is 2. The van der Waals surface area contributed by atoms with Gasteiger partial charge >= 0.3 is 11.9 Å². The molecule has 1 aliphatic heterocycles. The summed E-state index contributed by atoms with van der Waals surface area (Å²) < 4.78 is 11.8. The Morgan fingerprint density at radius 3 is 2.15 bits per heavy atom. The highest BCUT2D eigenvalue weighted by Crippen LogP contribution is 2.26. The van der Waals surface area contributed by atoms with E-state index in [1.165, 1.54) is 6.08 Å². The van der Waals surface area contributed by atoms with Gasteiger partial charge in [0.15, 0.2) is 0 Å². The summed E-state index contributed by atoms with van der Waals surface area (Å²) in [5, 5.41) is 49.4. The number of hydrogen-bond donors (Lipinski definition) is 5. The summed E-state index contributed by atoms with van der Waals surface area (Å²) in [6.07, 6.45) is 17.5. The van der Waals surface area contributed by atoms with E-state index in [9.17, 15) is 35.1 Å². The monoisotopic (exact) mass is 728 g/mol. The molecule has 0 saturated heterocycles. The second-order valence-corrected chi connectivity index (χ2v) is 15.1. The van der Waals surface area contributed by atoms with E-state index in [0.29, 0.717) is 25.7 Å². The van der Waals surface area contributed by atoms with Crippen LogP contribution in [0.15, 0.2) is 83.1 Å². The maximum atomic E-state index is 12.9. The first-order valence-corrected chi connectivity index (χ1v) is 18.9. The summed E-state index contributed by atoms with van der Waals surface area (Å²) in [5.41, 5.74) is 3.68. The molecule has 0 unspecified atom stereocenters. The summed E-state index contributed by atoms with van der Waals surface area (Å²) >= 11 is 0. The van der Waals surface area contributed by atoms with Crippen molar-refractivity contribution in [2.45, 2.75) is 156 Å². The lowest BCUT2D eigenvalue weighted by Crippen LogP contribution is -2.27. The van der Waals surface area contributed by atoms with Crippen LogP contribution >= 0.6 is 0 Å². The third kappa shape index (κ3) is 20.8. The van der Waals surface area contributed by atoms with Gasteiger partial charge in [0.25, 0.3) is 0 Å². The largest absolute Gasteiger partial charge is 0.462 e. The van der Waals surface area contributed by atoms with Crippen LogP contribution in [-0.4, -0.2) is 80.2 Å². The van der Waals surface area contributed by atoms with Gasteiger partial charge < -0.3 is 35.0 Å². The summed E-state index contributed by atoms with van der Waals surface area (Å²) in [4.78, 5) is 25.7. The lowest BCUT2D eigenvalue weighted by Gasteiger charge is -2.26. The quantitative estimate of drug-likeness (QED) is 0.0455. The number of cyclic esters (lactones) is 1. The van der Waals surface area contributed by atoms with Crippen molar-refractivity contribution in [1.82, 2.24) is 0 Å². The van der Waals surface area contributed by atoms with Crippen molar-refractivity contribution < 1.29 is 44.6 Å². The van der Waals surface area contributed by atoms with Crippen molar-refractivity contribution in [2.24, 2.45) is 17.8 Å². The second kappa shape index (κ2) is 25.0. The number of allylic oxidation sites excluding steroid dienone is 10. The van der Waals surface area contributed by atoms with Crippen LogP contribution in [0.4, 0.5) is 0 Å². The molecular formula is C43H68O9. The predicted octanol–water partition coefficient (Wildman–Crippen LogP) is 7.15. The van der Waals surface area contributed by atoms with Crippen molar-refractivity contribution >= 4 is 11.9 Å². The van der Waals surface area contributed by atoms with Gasteiger partial charge in [-0.1, -0.05) is 97.7 Å². The SMILES string of the molecule is CC(=C\C=C\C(C)=C\[C@H](O)[C@@H](O)C[C@@H](C)O)/C=C(C)/C=C/C(=O)O[C@H]1CCCC(=O)O[C@@H]([C@@H](C)C/C(C)=C/[C@@H](C)[C@H](O)C[C@@H](C)O)C/C=C/C[C@@H]1C. The molecule has 52 heavy (non-hydrogen) atoms. The number of esters is 2. The van der Waals surface area contributed by atoms with E-state index in [-0.39, 0.29) is 48.8 Å². The van der Waals surface area contributed by atoms with E-state index in [1.807, 2.05) is 71.1 Å². The van der Waals surface area contributed by atoms with Crippen molar-refractivity contribution in [3.8, 4) is 0 Å². The summed E-state index contributed by atoms with van der Waals surface area (Å²) in [6, 6.07) is 0. The van der Waals surface area contributed by atoms with Gasteiger partial charge in [0, 0.05) is 31.3 Å². The van der Waals surface area contributed by atoms with Crippen LogP contribution in [0.25, 0.3) is 0 Å². The van der Waals surface area contributed by atoms with Crippen molar-refractivity contribution in [1.29, 1.82) is 0 Å². The van der Waals surface area contributed by atoms with Crippen molar-refractivity contribution in [3.63, 3.8) is 0 Å². The fourth-order valence-corrected chi connectivity index (χ4v) is 6.18. The molecule has 9 heteroatoms. The number of aliphatic hydroxyl groups is 5. The average molecular weight is 729 g/mol. The summed E-state index contributed by atoms with van der Waals surface area (Å²) in [6.45, 7) is 17.0. The average Bonchev–Trinajstić information content (AvgIpc) is 3.03. The first kappa shape index (κ1) is 46.9. The maximum Gasteiger partial charge on any atom is 0.331 e. The molecule has 0 aliphatic carbocycles. The van der Waals surface area contributed by atoms with Gasteiger partial charge in [-0.25, -0.2) is 4.79 Å². The number of ether oxygens (including phenoxy) is 2. The molecule has 0 radical (unpaired) electrons. The van der Waals surface area contributed by atoms with E-state index in [1.54, 1.807) is 26.0 Å². The Labute approximate surface area is 313 Å². The Hall–Kier alpha value is -3.08. The number of hydrogen-bond acceptors (Lipinski definition) is 9. The first-order valence-electron chi connectivity index (χ1n) is 18.9. The molecule has 1 rings (SSSR count). The lowest BCUT2D eigenvalue weighted by molar-refractivity contribution is -0.151. The molecule has 9 nitrogen and oxygen atoms in total. The van der Waals surface area contributed by atoms with Crippen molar-refractivity contribution in [3.05, 3.63) is 83.1 Å². The molecule has 0 aromatic carbocycles. The zero-order valence-corrected chi connectivity index (χ0v) is 33.1. The molecule has 0 spiro atoms. The van der Waals surface area contributed by atoms with E-state index in [4.69, 9.17) is 9.47 Å². The Bertz CT molecular complexity index is 1300. The highest BCUT2D eigenvalue weighted by molar-refractivity contribution is 5.82. The molecule has 0 fully saturated rings. The topological polar surface area (TPSA) is 154 Å². The highest BCUT2D eigenvalue weighted by Gasteiger charge is 2.25. The lowest BCUT2D eigenvalue weighted by atomic mass is 9.90. The predicted molar refractivity (Wildman–Crippen MR) is 208 cm³/mol. The summed E-state index contributed by atoms with van der Waals surface area (Å²) in [7, 11) is 0. The minimum atomic E-state index is -1.07. The van der Waals surface area contributed by atoms with Gasteiger partial charge in [0.1, 0.15) is 12.2 Å². The van der Waals surface area contributed by atoms with E-state index in [2.05, 4.69) is 19.9 Å². The molecule has 10 atom stereocenters. The number of rotatable bonds is 17. The van der Waals surface area contributed by atoms with E-state index < -0.39 is 36.5 Å². The van der Waals surface area contributed by atoms with Gasteiger partial charge in [-0.05, 0) is 85.5 Å². The molecule has 0 amide bonds. The maximum absolute atomic E-state index is 12.9.